The van der Waals surface area contributed by atoms with Gasteiger partial charge in [-0.2, -0.15) is 0 Å². The summed E-state index contributed by atoms with van der Waals surface area (Å²) in [6, 6.07) is 2.25. The molecule has 0 aliphatic rings. The van der Waals surface area contributed by atoms with Gasteiger partial charge in [-0.25, -0.2) is 8.78 Å². The number of aryl methyl sites for hydroxylation is 1. The third-order valence-corrected chi connectivity index (χ3v) is 2.74. The SMILES string of the molecule is Cc1nnc(Sc2c(N)ccc(F)c2F)o1. The summed E-state index contributed by atoms with van der Waals surface area (Å²) in [5.41, 5.74) is 5.65. The summed E-state index contributed by atoms with van der Waals surface area (Å²) in [5.74, 6) is -1.63. The van der Waals surface area contributed by atoms with Gasteiger partial charge < -0.3 is 10.2 Å². The van der Waals surface area contributed by atoms with Crippen LogP contribution in [0, 0.1) is 18.6 Å². The van der Waals surface area contributed by atoms with Crippen molar-refractivity contribution in [2.75, 3.05) is 5.73 Å². The van der Waals surface area contributed by atoms with Crippen molar-refractivity contribution >= 4 is 17.4 Å². The molecule has 7 heteroatoms. The third kappa shape index (κ3) is 1.99. The quantitative estimate of drug-likeness (QED) is 0.820. The first-order valence-electron chi connectivity index (χ1n) is 4.29. The van der Waals surface area contributed by atoms with Crippen molar-refractivity contribution in [3.8, 4) is 0 Å². The summed E-state index contributed by atoms with van der Waals surface area (Å²) < 4.78 is 31.4. The highest BCUT2D eigenvalue weighted by Crippen LogP contribution is 2.34. The van der Waals surface area contributed by atoms with Crippen molar-refractivity contribution in [2.24, 2.45) is 0 Å². The van der Waals surface area contributed by atoms with E-state index in [9.17, 15) is 8.78 Å². The number of nitrogens with two attached hydrogens (primary N) is 1. The predicted molar refractivity (Wildman–Crippen MR) is 53.9 cm³/mol. The highest BCUT2D eigenvalue weighted by molar-refractivity contribution is 7.99. The van der Waals surface area contributed by atoms with Crippen LogP contribution in [-0.2, 0) is 0 Å². The van der Waals surface area contributed by atoms with Crippen LogP contribution in [0.25, 0.3) is 0 Å². The minimum atomic E-state index is -1.01. The number of nitrogens with zero attached hydrogens (tertiary/aromatic N) is 2. The first-order valence-corrected chi connectivity index (χ1v) is 5.11. The molecule has 1 aromatic carbocycles. The Morgan fingerprint density at radius 1 is 1.31 bits per heavy atom. The van der Waals surface area contributed by atoms with E-state index in [-0.39, 0.29) is 15.8 Å². The highest BCUT2D eigenvalue weighted by Gasteiger charge is 2.16. The first kappa shape index (κ1) is 10.9. The predicted octanol–water partition coefficient (Wildman–Crippen LogP) is 2.39. The lowest BCUT2D eigenvalue weighted by molar-refractivity contribution is 0.428. The average Bonchev–Trinajstić information content (AvgIpc) is 2.65. The average molecular weight is 243 g/mol. The Morgan fingerprint density at radius 2 is 2.06 bits per heavy atom. The lowest BCUT2D eigenvalue weighted by Gasteiger charge is -2.03. The second-order valence-corrected chi connectivity index (χ2v) is 3.93. The van der Waals surface area contributed by atoms with Crippen LogP contribution >= 0.6 is 11.8 Å². The van der Waals surface area contributed by atoms with Crippen molar-refractivity contribution in [3.63, 3.8) is 0 Å². The normalized spacial score (nSPS) is 10.7. The fraction of sp³-hybridized carbons (Fsp3) is 0.111. The van der Waals surface area contributed by atoms with Gasteiger partial charge in [0.15, 0.2) is 11.6 Å². The minimum Gasteiger partial charge on any atom is -0.416 e. The van der Waals surface area contributed by atoms with Crippen LogP contribution < -0.4 is 5.73 Å². The number of hydrogen-bond acceptors (Lipinski definition) is 5. The first-order chi connectivity index (χ1) is 7.58. The summed E-state index contributed by atoms with van der Waals surface area (Å²) >= 11 is 0.796. The molecule has 1 heterocycles. The van der Waals surface area contributed by atoms with Gasteiger partial charge in [-0.1, -0.05) is 0 Å². The standard InChI is InChI=1S/C9H7F2N3OS/c1-4-13-14-9(15-4)16-8-6(12)3-2-5(10)7(8)11/h2-3H,12H2,1H3. The van der Waals surface area contributed by atoms with E-state index in [1.54, 1.807) is 6.92 Å². The van der Waals surface area contributed by atoms with E-state index in [0.29, 0.717) is 5.89 Å². The van der Waals surface area contributed by atoms with E-state index < -0.39 is 11.6 Å². The van der Waals surface area contributed by atoms with Gasteiger partial charge in [-0.3, -0.25) is 0 Å². The molecule has 1 aromatic heterocycles. The summed E-state index contributed by atoms with van der Waals surface area (Å²) in [6.45, 7) is 1.60. The number of hydrogen-bond donors (Lipinski definition) is 1. The second kappa shape index (κ2) is 4.09. The van der Waals surface area contributed by atoms with E-state index in [2.05, 4.69) is 10.2 Å². The molecule has 0 bridgehead atoms. The molecule has 0 radical (unpaired) electrons. The molecule has 0 saturated carbocycles. The van der Waals surface area contributed by atoms with E-state index >= 15 is 0 Å². The van der Waals surface area contributed by atoms with Gasteiger partial charge in [0.05, 0.1) is 4.90 Å². The van der Waals surface area contributed by atoms with Crippen LogP contribution in [0.1, 0.15) is 5.89 Å². The van der Waals surface area contributed by atoms with E-state index in [1.807, 2.05) is 0 Å². The molecule has 0 fully saturated rings. The Morgan fingerprint density at radius 3 is 2.69 bits per heavy atom. The molecule has 0 spiro atoms. The zero-order valence-electron chi connectivity index (χ0n) is 8.20. The van der Waals surface area contributed by atoms with Crippen molar-refractivity contribution in [2.45, 2.75) is 17.0 Å². The molecule has 2 N–H and O–H groups in total. The fourth-order valence-electron chi connectivity index (χ4n) is 1.06. The van der Waals surface area contributed by atoms with Crippen molar-refractivity contribution in [1.82, 2.24) is 10.2 Å². The summed E-state index contributed by atoms with van der Waals surface area (Å²) in [7, 11) is 0. The number of benzene rings is 1. The molecule has 16 heavy (non-hydrogen) atoms. The Kier molecular flexibility index (Phi) is 2.78. The van der Waals surface area contributed by atoms with Gasteiger partial charge in [0, 0.05) is 12.6 Å². The van der Waals surface area contributed by atoms with Crippen LogP contribution in [0.4, 0.5) is 14.5 Å². The van der Waals surface area contributed by atoms with E-state index in [4.69, 9.17) is 10.2 Å². The van der Waals surface area contributed by atoms with Gasteiger partial charge in [0.1, 0.15) is 0 Å². The smallest absolute Gasteiger partial charge is 0.281 e. The zero-order valence-corrected chi connectivity index (χ0v) is 9.02. The van der Waals surface area contributed by atoms with Crippen LogP contribution in [-0.4, -0.2) is 10.2 Å². The molecule has 0 aliphatic heterocycles. The van der Waals surface area contributed by atoms with Crippen molar-refractivity contribution < 1.29 is 13.2 Å². The molecule has 4 nitrogen and oxygen atoms in total. The Labute approximate surface area is 93.8 Å². The Hall–Kier alpha value is -1.63. The maximum Gasteiger partial charge on any atom is 0.281 e. The summed E-state index contributed by atoms with van der Waals surface area (Å²) in [5, 5.41) is 7.34. The highest BCUT2D eigenvalue weighted by atomic mass is 32.2. The summed E-state index contributed by atoms with van der Waals surface area (Å²) in [6.07, 6.45) is 0. The largest absolute Gasteiger partial charge is 0.416 e. The van der Waals surface area contributed by atoms with Gasteiger partial charge in [-0.05, 0) is 23.9 Å². The summed E-state index contributed by atoms with van der Waals surface area (Å²) in [4.78, 5) is -0.0522. The molecular weight excluding hydrogens is 236 g/mol. The van der Waals surface area contributed by atoms with Crippen LogP contribution in [0.5, 0.6) is 0 Å². The number of rotatable bonds is 2. The molecule has 0 aliphatic carbocycles. The van der Waals surface area contributed by atoms with Crippen molar-refractivity contribution in [3.05, 3.63) is 29.7 Å². The van der Waals surface area contributed by atoms with Crippen LogP contribution in [0.2, 0.25) is 0 Å². The third-order valence-electron chi connectivity index (χ3n) is 1.78. The minimum absolute atomic E-state index is 0.0522. The fourth-order valence-corrected chi connectivity index (χ4v) is 1.85. The van der Waals surface area contributed by atoms with E-state index in [0.717, 1.165) is 17.8 Å². The Balaban J connectivity index is 2.37. The van der Waals surface area contributed by atoms with Gasteiger partial charge in [-0.15, -0.1) is 10.2 Å². The molecule has 2 aromatic rings. The molecule has 0 atom stereocenters. The molecule has 2 rings (SSSR count). The lowest BCUT2D eigenvalue weighted by atomic mass is 10.3. The second-order valence-electron chi connectivity index (χ2n) is 2.97. The maximum absolute atomic E-state index is 13.4. The number of aromatic nitrogens is 2. The van der Waals surface area contributed by atoms with Gasteiger partial charge in [0.2, 0.25) is 5.89 Å². The van der Waals surface area contributed by atoms with Crippen molar-refractivity contribution in [1.29, 1.82) is 0 Å². The number of halogens is 2. The molecule has 84 valence electrons. The molecule has 0 amide bonds. The molecule has 0 unspecified atom stereocenters. The van der Waals surface area contributed by atoms with Crippen LogP contribution in [0.15, 0.2) is 26.7 Å². The maximum atomic E-state index is 13.4. The number of nitrogen functional groups attached to an aromatic ring is 1. The topological polar surface area (TPSA) is 64.9 Å². The number of anilines is 1. The molecule has 0 saturated heterocycles. The molecular formula is C9H7F2N3OS. The zero-order chi connectivity index (χ0) is 11.7. The van der Waals surface area contributed by atoms with Gasteiger partial charge in [0.25, 0.3) is 5.22 Å². The van der Waals surface area contributed by atoms with E-state index in [1.165, 1.54) is 6.07 Å². The van der Waals surface area contributed by atoms with Crippen LogP contribution in [0.3, 0.4) is 0 Å². The lowest BCUT2D eigenvalue weighted by Crippen LogP contribution is -1.95. The van der Waals surface area contributed by atoms with Gasteiger partial charge >= 0.3 is 0 Å². The monoisotopic (exact) mass is 243 g/mol. The Bertz CT molecular complexity index is 529.